The molecule has 0 aliphatic heterocycles. The van der Waals surface area contributed by atoms with E-state index in [1.54, 1.807) is 55.5 Å². The number of hydrogen-bond donors (Lipinski definition) is 2. The van der Waals surface area contributed by atoms with Gasteiger partial charge >= 0.3 is 0 Å². The molecule has 2 aromatic rings. The summed E-state index contributed by atoms with van der Waals surface area (Å²) >= 11 is 5.87. The van der Waals surface area contributed by atoms with E-state index in [1.807, 2.05) is 0 Å². The number of hydrazone groups is 1. The number of ether oxygens (including phenoxy) is 1. The van der Waals surface area contributed by atoms with Gasteiger partial charge in [-0.15, -0.1) is 0 Å². The molecule has 0 atom stereocenters. The number of anilines is 1. The lowest BCUT2D eigenvalue weighted by molar-refractivity contribution is -0.115. The first-order valence-electron chi connectivity index (χ1n) is 7.51. The molecule has 0 aliphatic carbocycles. The highest BCUT2D eigenvalue weighted by Crippen LogP contribution is 2.17. The summed E-state index contributed by atoms with van der Waals surface area (Å²) in [6, 6.07) is 13.7. The van der Waals surface area contributed by atoms with Gasteiger partial charge in [-0.05, 0) is 37.3 Å². The highest BCUT2D eigenvalue weighted by Gasteiger charge is 2.11. The normalized spacial score (nSPS) is 10.9. The monoisotopic (exact) mass is 359 g/mol. The van der Waals surface area contributed by atoms with Crippen molar-refractivity contribution in [2.45, 2.75) is 13.3 Å². The van der Waals surface area contributed by atoms with Gasteiger partial charge in [0.25, 0.3) is 5.91 Å². The largest absolute Gasteiger partial charge is 0.496 e. The molecule has 2 aromatic carbocycles. The fourth-order valence-corrected chi connectivity index (χ4v) is 2.27. The Morgan fingerprint density at radius 3 is 2.64 bits per heavy atom. The number of nitrogens with one attached hydrogen (secondary N) is 2. The van der Waals surface area contributed by atoms with Crippen LogP contribution in [0.25, 0.3) is 0 Å². The standard InChI is InChI=1S/C18H18ClN3O3/c1-12(10-17(23)20-14-7-5-6-13(19)11-14)21-22-18(24)15-8-3-4-9-16(15)25-2/h3-9,11H,10H2,1-2H3,(H,20,23)(H,22,24)/b21-12-. The van der Waals surface area contributed by atoms with Crippen molar-refractivity contribution in [2.75, 3.05) is 12.4 Å². The Bertz CT molecular complexity index is 806. The van der Waals surface area contributed by atoms with Crippen LogP contribution in [0.15, 0.2) is 53.6 Å². The predicted octanol–water partition coefficient (Wildman–Crippen LogP) is 3.48. The maximum atomic E-state index is 12.1. The van der Waals surface area contributed by atoms with Gasteiger partial charge in [0.2, 0.25) is 5.91 Å². The minimum Gasteiger partial charge on any atom is -0.496 e. The third-order valence-electron chi connectivity index (χ3n) is 3.22. The van der Waals surface area contributed by atoms with Crippen LogP contribution in [-0.2, 0) is 4.79 Å². The number of carbonyl (C=O) groups is 2. The molecule has 0 aliphatic rings. The number of benzene rings is 2. The molecule has 25 heavy (non-hydrogen) atoms. The molecule has 0 bridgehead atoms. The summed E-state index contributed by atoms with van der Waals surface area (Å²) in [6.07, 6.45) is 0.0404. The van der Waals surface area contributed by atoms with Gasteiger partial charge in [-0.3, -0.25) is 9.59 Å². The molecule has 130 valence electrons. The summed E-state index contributed by atoms with van der Waals surface area (Å²) in [5.41, 5.74) is 3.85. The molecule has 2 N–H and O–H groups in total. The van der Waals surface area contributed by atoms with E-state index in [-0.39, 0.29) is 12.3 Å². The summed E-state index contributed by atoms with van der Waals surface area (Å²) < 4.78 is 5.13. The van der Waals surface area contributed by atoms with Crippen molar-refractivity contribution in [3.63, 3.8) is 0 Å². The van der Waals surface area contributed by atoms with Crippen molar-refractivity contribution in [1.82, 2.24) is 5.43 Å². The van der Waals surface area contributed by atoms with Crippen molar-refractivity contribution in [3.8, 4) is 5.75 Å². The van der Waals surface area contributed by atoms with Crippen LogP contribution in [0.2, 0.25) is 5.02 Å². The lowest BCUT2D eigenvalue weighted by Crippen LogP contribution is -2.22. The van der Waals surface area contributed by atoms with Crippen molar-refractivity contribution in [3.05, 3.63) is 59.1 Å². The van der Waals surface area contributed by atoms with E-state index in [1.165, 1.54) is 7.11 Å². The first kappa shape index (κ1) is 18.5. The molecule has 0 radical (unpaired) electrons. The second-order valence-corrected chi connectivity index (χ2v) is 5.66. The van der Waals surface area contributed by atoms with Gasteiger partial charge in [0.05, 0.1) is 19.1 Å². The van der Waals surface area contributed by atoms with Crippen molar-refractivity contribution in [2.24, 2.45) is 5.10 Å². The number of amides is 2. The van der Waals surface area contributed by atoms with Crippen LogP contribution in [0, 0.1) is 0 Å². The maximum absolute atomic E-state index is 12.1. The van der Waals surface area contributed by atoms with Crippen LogP contribution in [0.5, 0.6) is 5.75 Å². The summed E-state index contributed by atoms with van der Waals surface area (Å²) in [5, 5.41) is 7.20. The van der Waals surface area contributed by atoms with E-state index in [0.29, 0.717) is 27.7 Å². The molecule has 0 heterocycles. The molecule has 0 aromatic heterocycles. The number of hydrogen-bond acceptors (Lipinski definition) is 4. The minimum absolute atomic E-state index is 0.0404. The Hall–Kier alpha value is -2.86. The van der Waals surface area contributed by atoms with Crippen LogP contribution < -0.4 is 15.5 Å². The Morgan fingerprint density at radius 1 is 1.16 bits per heavy atom. The molecule has 7 heteroatoms. The number of para-hydroxylation sites is 1. The number of methoxy groups -OCH3 is 1. The van der Waals surface area contributed by atoms with Gasteiger partial charge in [-0.25, -0.2) is 5.43 Å². The molecular weight excluding hydrogens is 342 g/mol. The summed E-state index contributed by atoms with van der Waals surface area (Å²) in [4.78, 5) is 24.1. The van der Waals surface area contributed by atoms with E-state index >= 15 is 0 Å². The molecular formula is C18H18ClN3O3. The Balaban J connectivity index is 1.92. The Morgan fingerprint density at radius 2 is 1.92 bits per heavy atom. The fraction of sp³-hybridized carbons (Fsp3) is 0.167. The lowest BCUT2D eigenvalue weighted by atomic mass is 10.2. The van der Waals surface area contributed by atoms with E-state index < -0.39 is 5.91 Å². The Labute approximate surface area is 150 Å². The van der Waals surface area contributed by atoms with E-state index in [2.05, 4.69) is 15.8 Å². The summed E-state index contributed by atoms with van der Waals surface area (Å²) in [7, 11) is 1.49. The maximum Gasteiger partial charge on any atom is 0.275 e. The van der Waals surface area contributed by atoms with Crippen molar-refractivity contribution >= 4 is 34.8 Å². The predicted molar refractivity (Wildman–Crippen MR) is 98.3 cm³/mol. The first-order chi connectivity index (χ1) is 12.0. The molecule has 0 fully saturated rings. The van der Waals surface area contributed by atoms with Crippen LogP contribution in [0.1, 0.15) is 23.7 Å². The average Bonchev–Trinajstić information content (AvgIpc) is 2.59. The van der Waals surface area contributed by atoms with Gasteiger partial charge in [0.15, 0.2) is 0 Å². The molecule has 0 spiro atoms. The zero-order valence-electron chi connectivity index (χ0n) is 13.9. The van der Waals surface area contributed by atoms with Crippen molar-refractivity contribution in [1.29, 1.82) is 0 Å². The average molecular weight is 360 g/mol. The van der Waals surface area contributed by atoms with E-state index in [4.69, 9.17) is 16.3 Å². The topological polar surface area (TPSA) is 79.8 Å². The van der Waals surface area contributed by atoms with Gasteiger partial charge in [-0.2, -0.15) is 5.10 Å². The molecule has 2 rings (SSSR count). The van der Waals surface area contributed by atoms with Crippen LogP contribution in [0.3, 0.4) is 0 Å². The second-order valence-electron chi connectivity index (χ2n) is 5.22. The summed E-state index contributed by atoms with van der Waals surface area (Å²) in [6.45, 7) is 1.65. The first-order valence-corrected chi connectivity index (χ1v) is 7.89. The Kier molecular flexibility index (Phi) is 6.54. The van der Waals surface area contributed by atoms with E-state index in [0.717, 1.165) is 0 Å². The number of nitrogens with zero attached hydrogens (tertiary/aromatic N) is 1. The third-order valence-corrected chi connectivity index (χ3v) is 3.46. The second kappa shape index (κ2) is 8.84. The fourth-order valence-electron chi connectivity index (χ4n) is 2.08. The van der Waals surface area contributed by atoms with Gasteiger partial charge in [0.1, 0.15) is 5.75 Å². The zero-order chi connectivity index (χ0) is 18.2. The number of halogens is 1. The summed E-state index contributed by atoms with van der Waals surface area (Å²) in [5.74, 6) is -0.214. The van der Waals surface area contributed by atoms with Gasteiger partial charge in [0, 0.05) is 16.4 Å². The van der Waals surface area contributed by atoms with Gasteiger partial charge in [-0.1, -0.05) is 29.8 Å². The zero-order valence-corrected chi connectivity index (χ0v) is 14.6. The molecule has 0 saturated heterocycles. The third kappa shape index (κ3) is 5.61. The van der Waals surface area contributed by atoms with Crippen LogP contribution in [0.4, 0.5) is 5.69 Å². The number of rotatable bonds is 6. The SMILES string of the molecule is COc1ccccc1C(=O)N/N=C(/C)CC(=O)Nc1cccc(Cl)c1. The minimum atomic E-state index is -0.410. The molecule has 0 saturated carbocycles. The lowest BCUT2D eigenvalue weighted by Gasteiger charge is -2.07. The van der Waals surface area contributed by atoms with E-state index in [9.17, 15) is 9.59 Å². The van der Waals surface area contributed by atoms with Gasteiger partial charge < -0.3 is 10.1 Å². The number of carbonyl (C=O) groups excluding carboxylic acids is 2. The van der Waals surface area contributed by atoms with Crippen LogP contribution >= 0.6 is 11.6 Å². The highest BCUT2D eigenvalue weighted by molar-refractivity contribution is 6.30. The van der Waals surface area contributed by atoms with Crippen LogP contribution in [-0.4, -0.2) is 24.6 Å². The smallest absolute Gasteiger partial charge is 0.275 e. The van der Waals surface area contributed by atoms with Crippen molar-refractivity contribution < 1.29 is 14.3 Å². The molecule has 2 amide bonds. The molecule has 0 unspecified atom stereocenters. The highest BCUT2D eigenvalue weighted by atomic mass is 35.5. The quantitative estimate of drug-likeness (QED) is 0.612. The molecule has 6 nitrogen and oxygen atoms in total.